The fraction of sp³-hybridized carbons (Fsp3) is 0.467. The minimum atomic E-state index is -0.967. The van der Waals surface area contributed by atoms with Crippen LogP contribution in [-0.4, -0.2) is 28.4 Å². The number of carbonyl (C=O) groups excluding carboxylic acids is 1. The van der Waals surface area contributed by atoms with Crippen LogP contribution in [0.3, 0.4) is 0 Å². The molecule has 0 radical (unpaired) electrons. The number of nitrogens with zero attached hydrogens (tertiary/aromatic N) is 1. The molecule has 2 rings (SSSR count). The van der Waals surface area contributed by atoms with Gasteiger partial charge < -0.3 is 10.0 Å². The van der Waals surface area contributed by atoms with Crippen LogP contribution in [0, 0.1) is 11.8 Å². The Kier molecular flexibility index (Phi) is 4.79. The SMILES string of the molecule is CC(C)CN1C(=O)CC(C(=O)O)C1c1ccc(Cl)c(Cl)c1. The molecule has 2 atom stereocenters. The first-order valence-electron chi connectivity index (χ1n) is 6.78. The molecule has 21 heavy (non-hydrogen) atoms. The second kappa shape index (κ2) is 6.24. The number of rotatable bonds is 4. The zero-order chi connectivity index (χ0) is 15.7. The molecule has 0 aromatic heterocycles. The molecule has 0 saturated carbocycles. The average Bonchev–Trinajstić information content (AvgIpc) is 2.70. The maximum atomic E-state index is 12.2. The van der Waals surface area contributed by atoms with E-state index in [-0.39, 0.29) is 18.2 Å². The van der Waals surface area contributed by atoms with Crippen LogP contribution in [0.15, 0.2) is 18.2 Å². The van der Waals surface area contributed by atoms with E-state index >= 15 is 0 Å². The number of amides is 1. The molecular formula is C15H17Cl2NO3. The van der Waals surface area contributed by atoms with Gasteiger partial charge in [-0.15, -0.1) is 0 Å². The van der Waals surface area contributed by atoms with Crippen molar-refractivity contribution in [1.82, 2.24) is 4.90 Å². The minimum absolute atomic E-state index is 0.0208. The molecule has 0 spiro atoms. The summed E-state index contributed by atoms with van der Waals surface area (Å²) in [4.78, 5) is 25.3. The van der Waals surface area contributed by atoms with Crippen molar-refractivity contribution in [1.29, 1.82) is 0 Å². The van der Waals surface area contributed by atoms with Crippen LogP contribution in [0.5, 0.6) is 0 Å². The molecule has 1 aromatic carbocycles. The van der Waals surface area contributed by atoms with Gasteiger partial charge >= 0.3 is 5.97 Å². The number of carboxylic acid groups (broad SMARTS) is 1. The highest BCUT2D eigenvalue weighted by Crippen LogP contribution is 2.40. The molecule has 1 aliphatic rings. The van der Waals surface area contributed by atoms with Gasteiger partial charge in [-0.2, -0.15) is 0 Å². The largest absolute Gasteiger partial charge is 0.481 e. The first-order chi connectivity index (χ1) is 9.81. The Hall–Kier alpha value is -1.26. The van der Waals surface area contributed by atoms with Crippen LogP contribution in [-0.2, 0) is 9.59 Å². The van der Waals surface area contributed by atoms with Gasteiger partial charge in [-0.05, 0) is 23.6 Å². The lowest BCUT2D eigenvalue weighted by atomic mass is 9.93. The van der Waals surface area contributed by atoms with Gasteiger partial charge in [0.2, 0.25) is 5.91 Å². The van der Waals surface area contributed by atoms with Crippen molar-refractivity contribution in [3.8, 4) is 0 Å². The van der Waals surface area contributed by atoms with E-state index in [2.05, 4.69) is 0 Å². The first-order valence-corrected chi connectivity index (χ1v) is 7.54. The normalized spacial score (nSPS) is 22.1. The maximum absolute atomic E-state index is 12.2. The fourth-order valence-electron chi connectivity index (χ4n) is 2.73. The Morgan fingerprint density at radius 2 is 2.05 bits per heavy atom. The topological polar surface area (TPSA) is 57.6 Å². The third-order valence-corrected chi connectivity index (χ3v) is 4.34. The molecule has 1 heterocycles. The smallest absolute Gasteiger partial charge is 0.309 e. The van der Waals surface area contributed by atoms with E-state index in [0.717, 1.165) is 0 Å². The summed E-state index contributed by atoms with van der Waals surface area (Å²) < 4.78 is 0. The van der Waals surface area contributed by atoms with Crippen molar-refractivity contribution in [3.63, 3.8) is 0 Å². The van der Waals surface area contributed by atoms with Crippen LogP contribution in [0.2, 0.25) is 10.0 Å². The molecule has 1 N–H and O–H groups in total. The van der Waals surface area contributed by atoms with Gasteiger partial charge in [-0.1, -0.05) is 43.1 Å². The summed E-state index contributed by atoms with van der Waals surface area (Å²) in [5, 5.41) is 10.2. The van der Waals surface area contributed by atoms with Crippen molar-refractivity contribution in [2.24, 2.45) is 11.8 Å². The van der Waals surface area contributed by atoms with Gasteiger partial charge in [-0.3, -0.25) is 9.59 Å². The molecule has 2 unspecified atom stereocenters. The molecule has 0 bridgehead atoms. The lowest BCUT2D eigenvalue weighted by Gasteiger charge is -2.29. The van der Waals surface area contributed by atoms with Crippen molar-refractivity contribution in [2.45, 2.75) is 26.3 Å². The maximum Gasteiger partial charge on any atom is 0.309 e. The summed E-state index contributed by atoms with van der Waals surface area (Å²) in [6.07, 6.45) is 0.0208. The monoisotopic (exact) mass is 329 g/mol. The van der Waals surface area contributed by atoms with Gasteiger partial charge in [0.25, 0.3) is 0 Å². The zero-order valence-corrected chi connectivity index (χ0v) is 13.4. The van der Waals surface area contributed by atoms with E-state index < -0.39 is 17.9 Å². The van der Waals surface area contributed by atoms with Crippen molar-refractivity contribution >= 4 is 35.1 Å². The van der Waals surface area contributed by atoms with Crippen LogP contribution >= 0.6 is 23.2 Å². The Morgan fingerprint density at radius 3 is 2.57 bits per heavy atom. The van der Waals surface area contributed by atoms with E-state index in [0.29, 0.717) is 22.2 Å². The highest BCUT2D eigenvalue weighted by atomic mass is 35.5. The average molecular weight is 330 g/mol. The van der Waals surface area contributed by atoms with Crippen LogP contribution < -0.4 is 0 Å². The molecular weight excluding hydrogens is 313 g/mol. The van der Waals surface area contributed by atoms with Gasteiger partial charge in [0.1, 0.15) is 0 Å². The lowest BCUT2D eigenvalue weighted by molar-refractivity contribution is -0.142. The fourth-order valence-corrected chi connectivity index (χ4v) is 3.04. The number of hydrogen-bond acceptors (Lipinski definition) is 2. The number of hydrogen-bond donors (Lipinski definition) is 1. The highest BCUT2D eigenvalue weighted by Gasteiger charge is 2.44. The van der Waals surface area contributed by atoms with E-state index in [1.807, 2.05) is 13.8 Å². The Morgan fingerprint density at radius 1 is 1.38 bits per heavy atom. The lowest BCUT2D eigenvalue weighted by Crippen LogP contribution is -2.33. The predicted molar refractivity (Wildman–Crippen MR) is 81.5 cm³/mol. The quantitative estimate of drug-likeness (QED) is 0.917. The number of carboxylic acids is 1. The number of benzene rings is 1. The van der Waals surface area contributed by atoms with Crippen LogP contribution in [0.1, 0.15) is 31.9 Å². The molecule has 1 aliphatic heterocycles. The summed E-state index contributed by atoms with van der Waals surface area (Å²) in [5.74, 6) is -1.60. The summed E-state index contributed by atoms with van der Waals surface area (Å²) in [6.45, 7) is 4.51. The van der Waals surface area contributed by atoms with Crippen molar-refractivity contribution in [3.05, 3.63) is 33.8 Å². The second-order valence-corrected chi connectivity index (χ2v) is 6.52. The minimum Gasteiger partial charge on any atom is -0.481 e. The Bertz CT molecular complexity index is 574. The molecule has 1 amide bonds. The molecule has 1 saturated heterocycles. The molecule has 1 fully saturated rings. The first kappa shape index (κ1) is 16.1. The number of halogens is 2. The second-order valence-electron chi connectivity index (χ2n) is 5.71. The van der Waals surface area contributed by atoms with E-state index in [1.165, 1.54) is 0 Å². The Labute approximate surface area is 133 Å². The summed E-state index contributed by atoms with van der Waals surface area (Å²) >= 11 is 11.9. The van der Waals surface area contributed by atoms with Crippen molar-refractivity contribution in [2.75, 3.05) is 6.54 Å². The number of likely N-dealkylation sites (tertiary alicyclic amines) is 1. The van der Waals surface area contributed by atoms with E-state index in [4.69, 9.17) is 23.2 Å². The summed E-state index contributed by atoms with van der Waals surface area (Å²) in [7, 11) is 0. The molecule has 0 aliphatic carbocycles. The van der Waals surface area contributed by atoms with Gasteiger partial charge in [-0.25, -0.2) is 0 Å². The van der Waals surface area contributed by atoms with E-state index in [9.17, 15) is 14.7 Å². The number of aliphatic carboxylic acids is 1. The van der Waals surface area contributed by atoms with Crippen molar-refractivity contribution < 1.29 is 14.7 Å². The van der Waals surface area contributed by atoms with Gasteiger partial charge in [0, 0.05) is 13.0 Å². The third-order valence-electron chi connectivity index (χ3n) is 3.60. The summed E-state index contributed by atoms with van der Waals surface area (Å²) in [5.41, 5.74) is 0.711. The number of carbonyl (C=O) groups is 2. The summed E-state index contributed by atoms with van der Waals surface area (Å²) in [6, 6.07) is 4.53. The molecule has 1 aromatic rings. The third kappa shape index (κ3) is 3.33. The van der Waals surface area contributed by atoms with Crippen LogP contribution in [0.4, 0.5) is 0 Å². The van der Waals surface area contributed by atoms with Gasteiger partial charge in [0.15, 0.2) is 0 Å². The molecule has 114 valence electrons. The van der Waals surface area contributed by atoms with E-state index in [1.54, 1.807) is 23.1 Å². The van der Waals surface area contributed by atoms with Gasteiger partial charge in [0.05, 0.1) is 22.0 Å². The van der Waals surface area contributed by atoms with Crippen LogP contribution in [0.25, 0.3) is 0 Å². The Balaban J connectivity index is 2.43. The molecule has 6 heteroatoms. The standard InChI is InChI=1S/C15H17Cl2NO3/c1-8(2)7-18-13(19)6-10(15(20)21)14(18)9-3-4-11(16)12(17)5-9/h3-5,8,10,14H,6-7H2,1-2H3,(H,20,21). The molecule has 4 nitrogen and oxygen atoms in total. The predicted octanol–water partition coefficient (Wildman–Crippen LogP) is 3.62. The zero-order valence-electron chi connectivity index (χ0n) is 11.8. The highest BCUT2D eigenvalue weighted by molar-refractivity contribution is 6.42.